The third-order valence-electron chi connectivity index (χ3n) is 3.50. The molecule has 0 unspecified atom stereocenters. The molecule has 0 saturated heterocycles. The number of H-pyrrole nitrogens is 1. The molecule has 0 radical (unpaired) electrons. The van der Waals surface area contributed by atoms with Crippen molar-refractivity contribution in [1.82, 2.24) is 10.2 Å². The third kappa shape index (κ3) is 3.27. The number of methoxy groups -OCH3 is 2. The number of nitrogens with zero attached hydrogens (tertiary/aromatic N) is 1. The smallest absolute Gasteiger partial charge is 0.267 e. The van der Waals surface area contributed by atoms with Crippen molar-refractivity contribution >= 4 is 11.3 Å². The van der Waals surface area contributed by atoms with E-state index in [1.54, 1.807) is 25.6 Å². The number of hydrogen-bond donors (Lipinski definition) is 1. The van der Waals surface area contributed by atoms with Gasteiger partial charge >= 0.3 is 0 Å². The fourth-order valence-corrected chi connectivity index (χ4v) is 3.05. The second-order valence-corrected chi connectivity index (χ2v) is 5.97. The minimum atomic E-state index is -0.164. The molecule has 0 amide bonds. The van der Waals surface area contributed by atoms with Crippen LogP contribution in [0.4, 0.5) is 0 Å². The highest BCUT2D eigenvalue weighted by atomic mass is 32.1. The highest BCUT2D eigenvalue weighted by molar-refractivity contribution is 7.09. The average molecular weight is 328 g/mol. The number of rotatable bonds is 5. The monoisotopic (exact) mass is 328 g/mol. The van der Waals surface area contributed by atoms with Crippen molar-refractivity contribution in [2.24, 2.45) is 0 Å². The lowest BCUT2D eigenvalue weighted by atomic mass is 10.1. The fraction of sp³-hybridized carbons (Fsp3) is 0.176. The van der Waals surface area contributed by atoms with E-state index in [1.807, 2.05) is 41.8 Å². The molecule has 0 spiro atoms. The van der Waals surface area contributed by atoms with Gasteiger partial charge in [0.25, 0.3) is 5.56 Å². The SMILES string of the molecule is COc1ccc(-c2cc(Cc3cccs3)c(=O)[nH]n2)cc1OC. The molecule has 3 rings (SSSR count). The van der Waals surface area contributed by atoms with E-state index >= 15 is 0 Å². The summed E-state index contributed by atoms with van der Waals surface area (Å²) in [6, 6.07) is 11.4. The van der Waals surface area contributed by atoms with Gasteiger partial charge in [-0.25, -0.2) is 5.10 Å². The Hall–Kier alpha value is -2.60. The molecule has 0 atom stereocenters. The maximum absolute atomic E-state index is 12.0. The Morgan fingerprint density at radius 3 is 2.65 bits per heavy atom. The van der Waals surface area contributed by atoms with Crippen LogP contribution in [0.2, 0.25) is 0 Å². The quantitative estimate of drug-likeness (QED) is 0.781. The van der Waals surface area contributed by atoms with Crippen LogP contribution in [-0.4, -0.2) is 24.4 Å². The van der Waals surface area contributed by atoms with Crippen molar-refractivity contribution in [3.05, 3.63) is 62.6 Å². The Balaban J connectivity index is 1.99. The standard InChI is InChI=1S/C17H16N2O3S/c1-21-15-6-5-11(10-16(15)22-2)14-9-12(17(20)19-18-14)8-13-4-3-7-23-13/h3-7,9-10H,8H2,1-2H3,(H,19,20). The summed E-state index contributed by atoms with van der Waals surface area (Å²) in [5.74, 6) is 1.28. The van der Waals surface area contributed by atoms with Gasteiger partial charge in [0.15, 0.2) is 11.5 Å². The zero-order valence-corrected chi connectivity index (χ0v) is 13.6. The van der Waals surface area contributed by atoms with Gasteiger partial charge in [0, 0.05) is 22.4 Å². The Labute approximate surface area is 137 Å². The summed E-state index contributed by atoms with van der Waals surface area (Å²) >= 11 is 1.63. The first-order valence-electron chi connectivity index (χ1n) is 7.04. The summed E-state index contributed by atoms with van der Waals surface area (Å²) in [5, 5.41) is 8.71. The van der Waals surface area contributed by atoms with E-state index in [0.717, 1.165) is 10.4 Å². The van der Waals surface area contributed by atoms with Crippen molar-refractivity contribution in [2.45, 2.75) is 6.42 Å². The van der Waals surface area contributed by atoms with Crippen molar-refractivity contribution in [3.63, 3.8) is 0 Å². The maximum atomic E-state index is 12.0. The lowest BCUT2D eigenvalue weighted by molar-refractivity contribution is 0.355. The average Bonchev–Trinajstić information content (AvgIpc) is 3.09. The minimum Gasteiger partial charge on any atom is -0.493 e. The Morgan fingerprint density at radius 1 is 1.13 bits per heavy atom. The Bertz CT molecular complexity index is 857. The zero-order valence-electron chi connectivity index (χ0n) is 12.8. The molecule has 118 valence electrons. The second kappa shape index (κ2) is 6.66. The van der Waals surface area contributed by atoms with E-state index in [0.29, 0.717) is 29.2 Å². The van der Waals surface area contributed by atoms with Crippen LogP contribution in [0, 0.1) is 0 Å². The van der Waals surface area contributed by atoms with Crippen LogP contribution < -0.4 is 15.0 Å². The van der Waals surface area contributed by atoms with E-state index in [4.69, 9.17) is 9.47 Å². The fourth-order valence-electron chi connectivity index (χ4n) is 2.32. The summed E-state index contributed by atoms with van der Waals surface area (Å²) < 4.78 is 10.6. The molecule has 5 nitrogen and oxygen atoms in total. The molecule has 6 heteroatoms. The molecule has 1 aromatic carbocycles. The number of nitrogens with one attached hydrogen (secondary N) is 1. The van der Waals surface area contributed by atoms with Crippen LogP contribution >= 0.6 is 11.3 Å². The van der Waals surface area contributed by atoms with E-state index in [1.165, 1.54) is 0 Å². The molecule has 23 heavy (non-hydrogen) atoms. The molecule has 0 saturated carbocycles. The second-order valence-electron chi connectivity index (χ2n) is 4.93. The number of aromatic amines is 1. The molecule has 1 N–H and O–H groups in total. The summed E-state index contributed by atoms with van der Waals surface area (Å²) in [4.78, 5) is 13.1. The van der Waals surface area contributed by atoms with Crippen molar-refractivity contribution in [2.75, 3.05) is 14.2 Å². The molecule has 0 bridgehead atoms. The highest BCUT2D eigenvalue weighted by Crippen LogP contribution is 2.31. The molecule has 0 aliphatic heterocycles. The highest BCUT2D eigenvalue weighted by Gasteiger charge is 2.10. The molecule has 2 heterocycles. The normalized spacial score (nSPS) is 10.5. The van der Waals surface area contributed by atoms with Gasteiger partial charge in [-0.15, -0.1) is 11.3 Å². The maximum Gasteiger partial charge on any atom is 0.267 e. The molecular weight excluding hydrogens is 312 g/mol. The number of aromatic nitrogens is 2. The molecule has 0 fully saturated rings. The molecule has 3 aromatic rings. The largest absolute Gasteiger partial charge is 0.493 e. The van der Waals surface area contributed by atoms with E-state index < -0.39 is 0 Å². The van der Waals surface area contributed by atoms with Crippen molar-refractivity contribution in [3.8, 4) is 22.8 Å². The zero-order chi connectivity index (χ0) is 16.2. The summed E-state index contributed by atoms with van der Waals surface area (Å²) in [6.45, 7) is 0. The van der Waals surface area contributed by atoms with Crippen LogP contribution in [0.15, 0.2) is 46.6 Å². The summed E-state index contributed by atoms with van der Waals surface area (Å²) in [7, 11) is 3.18. The van der Waals surface area contributed by atoms with Gasteiger partial charge in [-0.05, 0) is 35.7 Å². The number of hydrogen-bond acceptors (Lipinski definition) is 5. The topological polar surface area (TPSA) is 64.2 Å². The van der Waals surface area contributed by atoms with Gasteiger partial charge in [-0.3, -0.25) is 4.79 Å². The first kappa shape index (κ1) is 15.3. The molecule has 0 aliphatic rings. The number of thiophene rings is 1. The molecular formula is C17H16N2O3S. The first-order chi connectivity index (χ1) is 11.2. The number of ether oxygens (including phenoxy) is 2. The van der Waals surface area contributed by atoms with Crippen LogP contribution in [-0.2, 0) is 6.42 Å². The minimum absolute atomic E-state index is 0.164. The van der Waals surface area contributed by atoms with Gasteiger partial charge in [0.2, 0.25) is 0 Å². The summed E-state index contributed by atoms with van der Waals surface area (Å²) in [6.07, 6.45) is 0.593. The van der Waals surface area contributed by atoms with Crippen LogP contribution in [0.5, 0.6) is 11.5 Å². The van der Waals surface area contributed by atoms with Crippen LogP contribution in [0.25, 0.3) is 11.3 Å². The van der Waals surface area contributed by atoms with Crippen molar-refractivity contribution < 1.29 is 9.47 Å². The van der Waals surface area contributed by atoms with E-state index in [-0.39, 0.29) is 5.56 Å². The van der Waals surface area contributed by atoms with Gasteiger partial charge in [-0.2, -0.15) is 5.10 Å². The van der Waals surface area contributed by atoms with E-state index in [2.05, 4.69) is 10.2 Å². The van der Waals surface area contributed by atoms with Gasteiger partial charge in [-0.1, -0.05) is 6.07 Å². The molecule has 0 aliphatic carbocycles. The first-order valence-corrected chi connectivity index (χ1v) is 7.92. The third-order valence-corrected chi connectivity index (χ3v) is 4.38. The van der Waals surface area contributed by atoms with E-state index in [9.17, 15) is 4.79 Å². The van der Waals surface area contributed by atoms with Gasteiger partial charge < -0.3 is 9.47 Å². The predicted octanol–water partition coefficient (Wildman–Crippen LogP) is 3.11. The Kier molecular flexibility index (Phi) is 4.43. The Morgan fingerprint density at radius 2 is 1.96 bits per heavy atom. The predicted molar refractivity (Wildman–Crippen MR) is 90.5 cm³/mol. The number of benzene rings is 1. The van der Waals surface area contributed by atoms with Crippen LogP contribution in [0.1, 0.15) is 10.4 Å². The molecule has 2 aromatic heterocycles. The van der Waals surface area contributed by atoms with Crippen LogP contribution in [0.3, 0.4) is 0 Å². The summed E-state index contributed by atoms with van der Waals surface area (Å²) in [5.41, 5.74) is 2.07. The van der Waals surface area contributed by atoms with Crippen molar-refractivity contribution in [1.29, 1.82) is 0 Å². The van der Waals surface area contributed by atoms with Gasteiger partial charge in [0.1, 0.15) is 0 Å². The van der Waals surface area contributed by atoms with Gasteiger partial charge in [0.05, 0.1) is 19.9 Å². The lowest BCUT2D eigenvalue weighted by Gasteiger charge is -2.09. The lowest BCUT2D eigenvalue weighted by Crippen LogP contribution is -2.14.